The maximum absolute atomic E-state index is 3.83. The SMILES string of the molecule is CCN1CCCC1CNC1CCN(c2ccccc2)CC1. The predicted molar refractivity (Wildman–Crippen MR) is 89.9 cm³/mol. The molecule has 21 heavy (non-hydrogen) atoms. The molecule has 2 fully saturated rings. The molecule has 0 spiro atoms. The summed E-state index contributed by atoms with van der Waals surface area (Å²) < 4.78 is 0. The maximum Gasteiger partial charge on any atom is 0.0366 e. The van der Waals surface area contributed by atoms with E-state index in [1.54, 1.807) is 0 Å². The third-order valence-electron chi connectivity index (χ3n) is 5.16. The van der Waals surface area contributed by atoms with Crippen molar-refractivity contribution in [2.75, 3.05) is 37.6 Å². The molecule has 2 aliphatic rings. The molecule has 0 amide bonds. The second-order valence-corrected chi connectivity index (χ2v) is 6.43. The summed E-state index contributed by atoms with van der Waals surface area (Å²) in [6.07, 6.45) is 5.30. The minimum Gasteiger partial charge on any atom is -0.371 e. The van der Waals surface area contributed by atoms with E-state index in [1.165, 1.54) is 64.1 Å². The van der Waals surface area contributed by atoms with E-state index in [-0.39, 0.29) is 0 Å². The molecule has 1 unspecified atom stereocenters. The van der Waals surface area contributed by atoms with Crippen molar-refractivity contribution in [1.82, 2.24) is 10.2 Å². The number of likely N-dealkylation sites (N-methyl/N-ethyl adjacent to an activating group) is 1. The molecule has 2 saturated heterocycles. The van der Waals surface area contributed by atoms with Gasteiger partial charge in [-0.05, 0) is 50.9 Å². The molecule has 0 aliphatic carbocycles. The van der Waals surface area contributed by atoms with Gasteiger partial charge in [0.05, 0.1) is 0 Å². The van der Waals surface area contributed by atoms with E-state index in [0.29, 0.717) is 6.04 Å². The summed E-state index contributed by atoms with van der Waals surface area (Å²) in [7, 11) is 0. The lowest BCUT2D eigenvalue weighted by molar-refractivity contribution is 0.248. The van der Waals surface area contributed by atoms with E-state index in [0.717, 1.165) is 6.04 Å². The predicted octanol–water partition coefficient (Wildman–Crippen LogP) is 2.73. The third kappa shape index (κ3) is 3.78. The van der Waals surface area contributed by atoms with Crippen LogP contribution in [0.1, 0.15) is 32.6 Å². The van der Waals surface area contributed by atoms with E-state index < -0.39 is 0 Å². The Balaban J connectivity index is 1.42. The van der Waals surface area contributed by atoms with Crippen LogP contribution in [0.15, 0.2) is 30.3 Å². The van der Waals surface area contributed by atoms with Crippen molar-refractivity contribution < 1.29 is 0 Å². The molecule has 3 heteroatoms. The number of hydrogen-bond donors (Lipinski definition) is 1. The number of nitrogens with zero attached hydrogens (tertiary/aromatic N) is 2. The van der Waals surface area contributed by atoms with Gasteiger partial charge in [-0.2, -0.15) is 0 Å². The first-order valence-corrected chi connectivity index (χ1v) is 8.64. The minimum absolute atomic E-state index is 0.712. The van der Waals surface area contributed by atoms with Crippen LogP contribution in [-0.4, -0.2) is 49.7 Å². The number of hydrogen-bond acceptors (Lipinski definition) is 3. The molecule has 116 valence electrons. The van der Waals surface area contributed by atoms with Crippen LogP contribution in [0.5, 0.6) is 0 Å². The van der Waals surface area contributed by atoms with Crippen molar-refractivity contribution in [1.29, 1.82) is 0 Å². The average Bonchev–Trinajstić information content (AvgIpc) is 3.02. The third-order valence-corrected chi connectivity index (χ3v) is 5.16. The minimum atomic E-state index is 0.712. The lowest BCUT2D eigenvalue weighted by Crippen LogP contribution is -2.46. The van der Waals surface area contributed by atoms with E-state index in [4.69, 9.17) is 0 Å². The molecular weight excluding hydrogens is 258 g/mol. The van der Waals surface area contributed by atoms with Crippen LogP contribution in [0.4, 0.5) is 5.69 Å². The molecule has 3 rings (SSSR count). The molecule has 0 aromatic heterocycles. The van der Waals surface area contributed by atoms with Gasteiger partial charge in [0, 0.05) is 37.4 Å². The first-order valence-electron chi connectivity index (χ1n) is 8.64. The van der Waals surface area contributed by atoms with Gasteiger partial charge in [0.2, 0.25) is 0 Å². The zero-order chi connectivity index (χ0) is 14.5. The van der Waals surface area contributed by atoms with Gasteiger partial charge in [-0.3, -0.25) is 4.90 Å². The summed E-state index contributed by atoms with van der Waals surface area (Å²) >= 11 is 0. The van der Waals surface area contributed by atoms with Crippen molar-refractivity contribution in [3.63, 3.8) is 0 Å². The molecule has 0 radical (unpaired) electrons. The highest BCUT2D eigenvalue weighted by Gasteiger charge is 2.25. The quantitative estimate of drug-likeness (QED) is 0.898. The van der Waals surface area contributed by atoms with E-state index in [1.807, 2.05) is 0 Å². The Hall–Kier alpha value is -1.06. The van der Waals surface area contributed by atoms with E-state index in [9.17, 15) is 0 Å². The number of rotatable bonds is 5. The Morgan fingerprint density at radius 3 is 2.52 bits per heavy atom. The van der Waals surface area contributed by atoms with Crippen LogP contribution in [0.3, 0.4) is 0 Å². The van der Waals surface area contributed by atoms with Crippen molar-refractivity contribution in [3.8, 4) is 0 Å². The fourth-order valence-corrected chi connectivity index (χ4v) is 3.83. The molecule has 1 aromatic carbocycles. The Kier molecular flexibility index (Phi) is 5.15. The van der Waals surface area contributed by atoms with Crippen molar-refractivity contribution in [2.45, 2.75) is 44.7 Å². The highest BCUT2D eigenvalue weighted by Crippen LogP contribution is 2.20. The smallest absolute Gasteiger partial charge is 0.0366 e. The molecule has 1 atom stereocenters. The van der Waals surface area contributed by atoms with Gasteiger partial charge in [-0.15, -0.1) is 0 Å². The topological polar surface area (TPSA) is 18.5 Å². The van der Waals surface area contributed by atoms with Gasteiger partial charge in [0.15, 0.2) is 0 Å². The first-order chi connectivity index (χ1) is 10.4. The zero-order valence-corrected chi connectivity index (χ0v) is 13.3. The number of para-hydroxylation sites is 1. The highest BCUT2D eigenvalue weighted by atomic mass is 15.2. The first kappa shape index (κ1) is 14.9. The average molecular weight is 287 g/mol. The van der Waals surface area contributed by atoms with Crippen molar-refractivity contribution >= 4 is 5.69 Å². The molecule has 3 nitrogen and oxygen atoms in total. The second-order valence-electron chi connectivity index (χ2n) is 6.43. The Bertz CT molecular complexity index is 412. The lowest BCUT2D eigenvalue weighted by atomic mass is 10.0. The molecule has 0 saturated carbocycles. The maximum atomic E-state index is 3.83. The van der Waals surface area contributed by atoms with Gasteiger partial charge in [0.1, 0.15) is 0 Å². The summed E-state index contributed by atoms with van der Waals surface area (Å²) in [6, 6.07) is 12.3. The fraction of sp³-hybridized carbons (Fsp3) is 0.667. The number of benzene rings is 1. The van der Waals surface area contributed by atoms with E-state index in [2.05, 4.69) is 52.4 Å². The van der Waals surface area contributed by atoms with Gasteiger partial charge >= 0.3 is 0 Å². The standard InChI is InChI=1S/C18H29N3/c1-2-20-12-6-9-18(20)15-19-16-10-13-21(14-11-16)17-7-4-3-5-8-17/h3-5,7-8,16,18-19H,2,6,9-15H2,1H3. The normalized spacial score (nSPS) is 24.6. The van der Waals surface area contributed by atoms with Gasteiger partial charge in [-0.1, -0.05) is 25.1 Å². The fourth-order valence-electron chi connectivity index (χ4n) is 3.83. The molecule has 2 aliphatic heterocycles. The van der Waals surface area contributed by atoms with Crippen LogP contribution >= 0.6 is 0 Å². The Morgan fingerprint density at radius 1 is 1.05 bits per heavy atom. The molecule has 0 bridgehead atoms. The van der Waals surface area contributed by atoms with E-state index >= 15 is 0 Å². The molecule has 1 aromatic rings. The van der Waals surface area contributed by atoms with Crippen molar-refractivity contribution in [2.24, 2.45) is 0 Å². The summed E-state index contributed by atoms with van der Waals surface area (Å²) in [6.45, 7) is 8.35. The van der Waals surface area contributed by atoms with Crippen LogP contribution in [0.2, 0.25) is 0 Å². The second kappa shape index (κ2) is 7.28. The van der Waals surface area contributed by atoms with Gasteiger partial charge < -0.3 is 10.2 Å². The highest BCUT2D eigenvalue weighted by molar-refractivity contribution is 5.46. The number of likely N-dealkylation sites (tertiary alicyclic amines) is 1. The molecular formula is C18H29N3. The molecule has 1 N–H and O–H groups in total. The van der Waals surface area contributed by atoms with Crippen LogP contribution < -0.4 is 10.2 Å². The van der Waals surface area contributed by atoms with Gasteiger partial charge in [-0.25, -0.2) is 0 Å². The number of piperidine rings is 1. The Labute approximate surface area is 129 Å². The van der Waals surface area contributed by atoms with Crippen molar-refractivity contribution in [3.05, 3.63) is 30.3 Å². The monoisotopic (exact) mass is 287 g/mol. The van der Waals surface area contributed by atoms with Crippen LogP contribution in [0.25, 0.3) is 0 Å². The Morgan fingerprint density at radius 2 is 1.81 bits per heavy atom. The number of nitrogens with one attached hydrogen (secondary N) is 1. The molecule has 2 heterocycles. The van der Waals surface area contributed by atoms with Gasteiger partial charge in [0.25, 0.3) is 0 Å². The van der Waals surface area contributed by atoms with Crippen LogP contribution in [-0.2, 0) is 0 Å². The largest absolute Gasteiger partial charge is 0.371 e. The van der Waals surface area contributed by atoms with Crippen LogP contribution in [0, 0.1) is 0 Å². The summed E-state index contributed by atoms with van der Waals surface area (Å²) in [5, 5.41) is 3.83. The summed E-state index contributed by atoms with van der Waals surface area (Å²) in [5.74, 6) is 0. The summed E-state index contributed by atoms with van der Waals surface area (Å²) in [4.78, 5) is 5.15. The zero-order valence-electron chi connectivity index (χ0n) is 13.3. The summed E-state index contributed by atoms with van der Waals surface area (Å²) in [5.41, 5.74) is 1.38. The number of anilines is 1. The lowest BCUT2D eigenvalue weighted by Gasteiger charge is -2.35.